The molecule has 2 atom stereocenters. The predicted molar refractivity (Wildman–Crippen MR) is 78.2 cm³/mol. The van der Waals surface area contributed by atoms with Crippen molar-refractivity contribution in [2.24, 2.45) is 5.41 Å². The molecule has 0 bridgehead atoms. The number of aryl methyl sites for hydroxylation is 2. The minimum absolute atomic E-state index is 0.403. The Bertz CT molecular complexity index is 394. The number of rotatable bonds is 4. The van der Waals surface area contributed by atoms with Crippen molar-refractivity contribution in [2.45, 2.75) is 46.6 Å². The van der Waals surface area contributed by atoms with E-state index in [-0.39, 0.29) is 0 Å². The van der Waals surface area contributed by atoms with Crippen LogP contribution in [0.2, 0.25) is 0 Å². The highest BCUT2D eigenvalue weighted by molar-refractivity contribution is 7.11. The Morgan fingerprint density at radius 1 is 1.50 bits per heavy atom. The first-order chi connectivity index (χ1) is 8.50. The van der Waals surface area contributed by atoms with Gasteiger partial charge in [0.25, 0.3) is 0 Å². The maximum Gasteiger partial charge on any atom is 0.0900 e. The zero-order valence-electron chi connectivity index (χ0n) is 12.0. The SMILES string of the molecule is Cc1nc(C)c(C(C)NCC2(C)CCCNC2)s1. The van der Waals surface area contributed by atoms with Gasteiger partial charge in [0, 0.05) is 24.0 Å². The van der Waals surface area contributed by atoms with E-state index >= 15 is 0 Å². The first-order valence-electron chi connectivity index (χ1n) is 6.88. The Kier molecular flexibility index (Phi) is 4.41. The summed E-state index contributed by atoms with van der Waals surface area (Å²) in [5.41, 5.74) is 1.59. The van der Waals surface area contributed by atoms with Crippen LogP contribution >= 0.6 is 11.3 Å². The average molecular weight is 267 g/mol. The Balaban J connectivity index is 1.91. The molecule has 0 saturated carbocycles. The Labute approximate surface area is 114 Å². The third kappa shape index (κ3) is 3.31. The van der Waals surface area contributed by atoms with Crippen LogP contribution in [-0.2, 0) is 0 Å². The fourth-order valence-electron chi connectivity index (χ4n) is 2.71. The third-order valence-electron chi connectivity index (χ3n) is 3.85. The molecule has 102 valence electrons. The first-order valence-corrected chi connectivity index (χ1v) is 7.70. The number of thiazole rings is 1. The van der Waals surface area contributed by atoms with Gasteiger partial charge in [-0.15, -0.1) is 11.3 Å². The molecule has 2 N–H and O–H groups in total. The summed E-state index contributed by atoms with van der Waals surface area (Å²) in [6.07, 6.45) is 2.62. The highest BCUT2D eigenvalue weighted by atomic mass is 32.1. The minimum Gasteiger partial charge on any atom is -0.316 e. The molecule has 0 aliphatic carbocycles. The van der Waals surface area contributed by atoms with Gasteiger partial charge >= 0.3 is 0 Å². The molecule has 1 aliphatic rings. The van der Waals surface area contributed by atoms with Gasteiger partial charge in [0.05, 0.1) is 10.7 Å². The lowest BCUT2D eigenvalue weighted by Crippen LogP contribution is -2.44. The van der Waals surface area contributed by atoms with E-state index in [1.807, 2.05) is 11.3 Å². The fourth-order valence-corrected chi connectivity index (χ4v) is 3.66. The van der Waals surface area contributed by atoms with E-state index in [0.29, 0.717) is 11.5 Å². The second-order valence-electron chi connectivity index (χ2n) is 5.88. The van der Waals surface area contributed by atoms with Gasteiger partial charge in [0.1, 0.15) is 0 Å². The van der Waals surface area contributed by atoms with Crippen LogP contribution in [0.25, 0.3) is 0 Å². The van der Waals surface area contributed by atoms with E-state index in [9.17, 15) is 0 Å². The lowest BCUT2D eigenvalue weighted by atomic mass is 9.82. The number of nitrogens with zero attached hydrogens (tertiary/aromatic N) is 1. The van der Waals surface area contributed by atoms with E-state index in [1.165, 1.54) is 35.0 Å². The maximum atomic E-state index is 4.51. The summed E-state index contributed by atoms with van der Waals surface area (Å²) in [6, 6.07) is 0.412. The van der Waals surface area contributed by atoms with Gasteiger partial charge in [0.2, 0.25) is 0 Å². The van der Waals surface area contributed by atoms with E-state index < -0.39 is 0 Å². The zero-order valence-corrected chi connectivity index (χ0v) is 12.8. The number of nitrogens with one attached hydrogen (secondary N) is 2. The van der Waals surface area contributed by atoms with Crippen molar-refractivity contribution in [3.63, 3.8) is 0 Å². The number of hydrogen-bond donors (Lipinski definition) is 2. The Morgan fingerprint density at radius 2 is 2.28 bits per heavy atom. The Morgan fingerprint density at radius 3 is 2.83 bits per heavy atom. The van der Waals surface area contributed by atoms with Crippen LogP contribution in [0.5, 0.6) is 0 Å². The number of piperidine rings is 1. The lowest BCUT2D eigenvalue weighted by Gasteiger charge is -2.35. The molecule has 1 aromatic rings. The second kappa shape index (κ2) is 5.68. The van der Waals surface area contributed by atoms with Crippen molar-refractivity contribution < 1.29 is 0 Å². The summed E-state index contributed by atoms with van der Waals surface area (Å²) < 4.78 is 0. The van der Waals surface area contributed by atoms with Crippen LogP contribution in [-0.4, -0.2) is 24.6 Å². The van der Waals surface area contributed by atoms with Crippen molar-refractivity contribution in [1.29, 1.82) is 0 Å². The van der Waals surface area contributed by atoms with Gasteiger partial charge in [-0.25, -0.2) is 4.98 Å². The largest absolute Gasteiger partial charge is 0.316 e. The summed E-state index contributed by atoms with van der Waals surface area (Å²) in [5.74, 6) is 0. The smallest absolute Gasteiger partial charge is 0.0900 e. The lowest BCUT2D eigenvalue weighted by molar-refractivity contribution is 0.220. The van der Waals surface area contributed by atoms with Crippen molar-refractivity contribution in [2.75, 3.05) is 19.6 Å². The zero-order chi connectivity index (χ0) is 13.2. The summed E-state index contributed by atoms with van der Waals surface area (Å²) in [6.45, 7) is 12.2. The molecule has 0 radical (unpaired) electrons. The van der Waals surface area contributed by atoms with Gasteiger partial charge in [-0.05, 0) is 45.6 Å². The molecule has 1 fully saturated rings. The maximum absolute atomic E-state index is 4.51. The third-order valence-corrected chi connectivity index (χ3v) is 5.11. The van der Waals surface area contributed by atoms with Crippen LogP contribution in [0.1, 0.15) is 48.3 Å². The molecule has 0 amide bonds. The molecule has 2 unspecified atom stereocenters. The van der Waals surface area contributed by atoms with E-state index in [2.05, 4.69) is 43.3 Å². The van der Waals surface area contributed by atoms with Gasteiger partial charge in [0.15, 0.2) is 0 Å². The van der Waals surface area contributed by atoms with Crippen LogP contribution in [0, 0.1) is 19.3 Å². The molecule has 0 spiro atoms. The molecule has 4 heteroatoms. The van der Waals surface area contributed by atoms with E-state index in [1.54, 1.807) is 0 Å². The second-order valence-corrected chi connectivity index (χ2v) is 7.11. The topological polar surface area (TPSA) is 37.0 Å². The predicted octanol–water partition coefficient (Wildman–Crippen LogP) is 2.80. The highest BCUT2D eigenvalue weighted by Gasteiger charge is 2.27. The highest BCUT2D eigenvalue weighted by Crippen LogP contribution is 2.28. The van der Waals surface area contributed by atoms with Gasteiger partial charge in [-0.1, -0.05) is 6.92 Å². The van der Waals surface area contributed by atoms with Crippen LogP contribution in [0.4, 0.5) is 0 Å². The quantitative estimate of drug-likeness (QED) is 0.881. The molecular formula is C14H25N3S. The number of hydrogen-bond acceptors (Lipinski definition) is 4. The van der Waals surface area contributed by atoms with E-state index in [4.69, 9.17) is 0 Å². The molecule has 2 rings (SSSR count). The molecule has 0 aromatic carbocycles. The molecule has 3 nitrogen and oxygen atoms in total. The first kappa shape index (κ1) is 14.0. The molecule has 18 heavy (non-hydrogen) atoms. The molecular weight excluding hydrogens is 242 g/mol. The molecule has 1 saturated heterocycles. The molecule has 2 heterocycles. The van der Waals surface area contributed by atoms with Gasteiger partial charge in [-0.3, -0.25) is 0 Å². The standard InChI is InChI=1S/C14H25N3S/c1-10(13-11(2)17-12(3)18-13)16-9-14(4)6-5-7-15-8-14/h10,15-16H,5-9H2,1-4H3. The van der Waals surface area contributed by atoms with Crippen LogP contribution in [0.3, 0.4) is 0 Å². The van der Waals surface area contributed by atoms with Gasteiger partial charge < -0.3 is 10.6 Å². The summed E-state index contributed by atoms with van der Waals surface area (Å²) in [5, 5.41) is 8.37. The van der Waals surface area contributed by atoms with Crippen LogP contribution in [0.15, 0.2) is 0 Å². The molecule has 1 aliphatic heterocycles. The minimum atomic E-state index is 0.403. The van der Waals surface area contributed by atoms with Gasteiger partial charge in [-0.2, -0.15) is 0 Å². The average Bonchev–Trinajstić information content (AvgIpc) is 2.67. The molecule has 1 aromatic heterocycles. The van der Waals surface area contributed by atoms with Crippen molar-refractivity contribution in [3.05, 3.63) is 15.6 Å². The number of aromatic nitrogens is 1. The van der Waals surface area contributed by atoms with Crippen molar-refractivity contribution >= 4 is 11.3 Å². The van der Waals surface area contributed by atoms with Crippen molar-refractivity contribution in [1.82, 2.24) is 15.6 Å². The van der Waals surface area contributed by atoms with Crippen LogP contribution < -0.4 is 10.6 Å². The summed E-state index contributed by atoms with van der Waals surface area (Å²) in [7, 11) is 0. The monoisotopic (exact) mass is 267 g/mol. The fraction of sp³-hybridized carbons (Fsp3) is 0.786. The summed E-state index contributed by atoms with van der Waals surface area (Å²) in [4.78, 5) is 5.90. The normalized spacial score (nSPS) is 26.2. The Hall–Kier alpha value is -0.450. The van der Waals surface area contributed by atoms with Crippen molar-refractivity contribution in [3.8, 4) is 0 Å². The summed E-state index contributed by atoms with van der Waals surface area (Å²) >= 11 is 1.82. The van der Waals surface area contributed by atoms with E-state index in [0.717, 1.165) is 13.1 Å².